The lowest BCUT2D eigenvalue weighted by Crippen LogP contribution is -2.39. The number of benzene rings is 2. The summed E-state index contributed by atoms with van der Waals surface area (Å²) < 4.78 is 38.8. The number of amides is 1. The van der Waals surface area contributed by atoms with E-state index < -0.39 is 18.0 Å². The van der Waals surface area contributed by atoms with E-state index in [9.17, 15) is 18.7 Å². The minimum Gasteiger partial charge on any atom is -0.447 e. The quantitative estimate of drug-likeness (QED) is 0.895. The smallest absolute Gasteiger partial charge is 0.267 e. The Kier molecular flexibility index (Phi) is 4.70. The molecule has 1 unspecified atom stereocenters. The van der Waals surface area contributed by atoms with E-state index in [0.29, 0.717) is 31.5 Å². The first-order valence-electron chi connectivity index (χ1n) is 8.87. The number of aliphatic hydroxyl groups excluding tert-OH is 1. The molecule has 142 valence electrons. The Morgan fingerprint density at radius 2 is 1.70 bits per heavy atom. The maximum absolute atomic E-state index is 14.5. The Hall–Kier alpha value is -2.67. The van der Waals surface area contributed by atoms with Crippen LogP contribution in [0.5, 0.6) is 11.5 Å². The van der Waals surface area contributed by atoms with Crippen LogP contribution in [0.15, 0.2) is 36.4 Å². The molecule has 2 aliphatic heterocycles. The lowest BCUT2D eigenvalue weighted by Gasteiger charge is -2.31. The van der Waals surface area contributed by atoms with Gasteiger partial charge < -0.3 is 19.5 Å². The third-order valence-electron chi connectivity index (χ3n) is 5.03. The van der Waals surface area contributed by atoms with Crippen molar-refractivity contribution in [1.82, 2.24) is 4.90 Å². The highest BCUT2D eigenvalue weighted by Gasteiger charge is 2.31. The van der Waals surface area contributed by atoms with Crippen LogP contribution >= 0.6 is 0 Å². The molecule has 0 radical (unpaired) electrons. The number of likely N-dealkylation sites (tertiary alicyclic amines) is 1. The maximum Gasteiger partial charge on any atom is 0.267 e. The van der Waals surface area contributed by atoms with E-state index in [1.165, 1.54) is 30.3 Å². The van der Waals surface area contributed by atoms with Gasteiger partial charge in [-0.1, -0.05) is 0 Å². The fourth-order valence-corrected chi connectivity index (χ4v) is 3.38. The van der Waals surface area contributed by atoms with Crippen molar-refractivity contribution in [2.75, 3.05) is 19.7 Å². The van der Waals surface area contributed by atoms with Gasteiger partial charge in [-0.05, 0) is 49.1 Å². The number of nitrogens with zero attached hydrogens (tertiary/aromatic N) is 1. The summed E-state index contributed by atoms with van der Waals surface area (Å²) in [6.45, 7) is 1.07. The van der Waals surface area contributed by atoms with Crippen LogP contribution < -0.4 is 9.47 Å². The summed E-state index contributed by atoms with van der Waals surface area (Å²) in [7, 11) is 0. The zero-order valence-corrected chi connectivity index (χ0v) is 14.5. The average Bonchev–Trinajstić information content (AvgIpc) is 3.10. The molecule has 1 N–H and O–H groups in total. The number of aliphatic hydroxyl groups is 1. The van der Waals surface area contributed by atoms with E-state index in [1.807, 2.05) is 0 Å². The molecular weight excluding hydrogens is 356 g/mol. The molecule has 5 nitrogen and oxygen atoms in total. The van der Waals surface area contributed by atoms with Crippen LogP contribution in [0.4, 0.5) is 8.78 Å². The van der Waals surface area contributed by atoms with Crippen molar-refractivity contribution in [3.05, 3.63) is 59.2 Å². The Morgan fingerprint density at radius 3 is 2.33 bits per heavy atom. The van der Waals surface area contributed by atoms with Crippen molar-refractivity contribution in [2.24, 2.45) is 5.92 Å². The average molecular weight is 375 g/mol. The summed E-state index contributed by atoms with van der Waals surface area (Å²) in [5.74, 6) is -0.783. The lowest BCUT2D eigenvalue weighted by molar-refractivity contribution is 0.0485. The molecule has 1 amide bonds. The Bertz CT molecular complexity index is 848. The van der Waals surface area contributed by atoms with Gasteiger partial charge in [0.05, 0.1) is 5.56 Å². The third-order valence-corrected chi connectivity index (χ3v) is 5.03. The van der Waals surface area contributed by atoms with Crippen LogP contribution in [0.3, 0.4) is 0 Å². The first-order valence-corrected chi connectivity index (χ1v) is 8.87. The van der Waals surface area contributed by atoms with Gasteiger partial charge in [0.1, 0.15) is 11.6 Å². The molecular formula is C20H19F2NO4. The number of rotatable bonds is 3. The van der Waals surface area contributed by atoms with Gasteiger partial charge in [-0.15, -0.1) is 0 Å². The van der Waals surface area contributed by atoms with Crippen LogP contribution in [-0.4, -0.2) is 35.6 Å². The number of hydrogen-bond acceptors (Lipinski definition) is 4. The zero-order chi connectivity index (χ0) is 19.0. The molecule has 0 saturated carbocycles. The molecule has 27 heavy (non-hydrogen) atoms. The number of carbonyl (C=O) groups excluding carboxylic acids is 1. The van der Waals surface area contributed by atoms with Gasteiger partial charge >= 0.3 is 0 Å². The molecule has 2 aliphatic rings. The number of hydrogen-bond donors (Lipinski definition) is 1. The van der Waals surface area contributed by atoms with E-state index in [-0.39, 0.29) is 35.4 Å². The normalized spacial score (nSPS) is 19.4. The minimum absolute atomic E-state index is 0.0699. The molecule has 0 aromatic heterocycles. The van der Waals surface area contributed by atoms with Crippen molar-refractivity contribution in [1.29, 1.82) is 0 Å². The maximum atomic E-state index is 14.5. The fourth-order valence-electron chi connectivity index (χ4n) is 3.38. The summed E-state index contributed by atoms with van der Waals surface area (Å²) >= 11 is 0. The Balaban J connectivity index is 1.52. The number of ether oxygens (including phenoxy) is 2. The van der Waals surface area contributed by atoms with Gasteiger partial charge in [0.2, 0.25) is 0 Å². The van der Waals surface area contributed by atoms with E-state index in [4.69, 9.17) is 9.47 Å². The van der Waals surface area contributed by atoms with Crippen LogP contribution in [-0.2, 0) is 0 Å². The van der Waals surface area contributed by atoms with Crippen molar-refractivity contribution in [3.8, 4) is 11.5 Å². The Morgan fingerprint density at radius 1 is 1.07 bits per heavy atom. The fraction of sp³-hybridized carbons (Fsp3) is 0.350. The SMILES string of the molecule is O=C(c1cc2c(cc1F)OC(c1ccc(F)cc1)O2)N1CCC(CO)CC1. The number of piperidine rings is 1. The second kappa shape index (κ2) is 7.15. The van der Waals surface area contributed by atoms with Crippen molar-refractivity contribution in [3.63, 3.8) is 0 Å². The van der Waals surface area contributed by atoms with Crippen LogP contribution in [0.1, 0.15) is 35.1 Å². The van der Waals surface area contributed by atoms with Gasteiger partial charge in [-0.3, -0.25) is 4.79 Å². The number of carbonyl (C=O) groups is 1. The van der Waals surface area contributed by atoms with Crippen molar-refractivity contribution < 1.29 is 28.2 Å². The highest BCUT2D eigenvalue weighted by Crippen LogP contribution is 2.42. The van der Waals surface area contributed by atoms with Crippen LogP contribution in [0.2, 0.25) is 0 Å². The van der Waals surface area contributed by atoms with Gasteiger partial charge in [0, 0.05) is 31.3 Å². The molecule has 0 bridgehead atoms. The molecule has 7 heteroatoms. The highest BCUT2D eigenvalue weighted by molar-refractivity contribution is 5.95. The minimum atomic E-state index is -0.814. The van der Waals surface area contributed by atoms with Crippen molar-refractivity contribution in [2.45, 2.75) is 19.1 Å². The van der Waals surface area contributed by atoms with E-state index in [1.54, 1.807) is 4.90 Å². The van der Waals surface area contributed by atoms with E-state index >= 15 is 0 Å². The second-order valence-corrected chi connectivity index (χ2v) is 6.82. The van der Waals surface area contributed by atoms with Crippen LogP contribution in [0.25, 0.3) is 0 Å². The largest absolute Gasteiger partial charge is 0.447 e. The molecule has 0 spiro atoms. The summed E-state index contributed by atoms with van der Waals surface area (Å²) in [5, 5.41) is 9.20. The molecule has 2 heterocycles. The summed E-state index contributed by atoms with van der Waals surface area (Å²) in [5.41, 5.74) is 0.520. The Labute approximate surface area is 155 Å². The molecule has 0 aliphatic carbocycles. The zero-order valence-electron chi connectivity index (χ0n) is 14.5. The summed E-state index contributed by atoms with van der Waals surface area (Å²) in [4.78, 5) is 14.3. The number of halogens is 2. The standard InChI is InChI=1S/C20H19F2NO4/c21-14-3-1-13(2-4-14)20-26-17-9-15(16(22)10-18(17)27-20)19(25)23-7-5-12(11-24)6-8-23/h1-4,9-10,12,20,24H,5-8,11H2. The molecule has 2 aromatic rings. The van der Waals surface area contributed by atoms with Gasteiger partial charge in [-0.25, -0.2) is 8.78 Å². The monoisotopic (exact) mass is 375 g/mol. The molecule has 1 atom stereocenters. The summed E-state index contributed by atoms with van der Waals surface area (Å²) in [6, 6.07) is 8.13. The molecule has 4 rings (SSSR count). The van der Waals surface area contributed by atoms with Gasteiger partial charge in [0.15, 0.2) is 11.5 Å². The lowest BCUT2D eigenvalue weighted by atomic mass is 9.97. The first-order chi connectivity index (χ1) is 13.0. The molecule has 1 fully saturated rings. The third kappa shape index (κ3) is 3.47. The first kappa shape index (κ1) is 17.7. The van der Waals surface area contributed by atoms with Crippen molar-refractivity contribution >= 4 is 5.91 Å². The topological polar surface area (TPSA) is 59.0 Å². The summed E-state index contributed by atoms with van der Waals surface area (Å²) in [6.07, 6.45) is 0.577. The predicted octanol–water partition coefficient (Wildman–Crippen LogP) is 3.28. The van der Waals surface area contributed by atoms with E-state index in [0.717, 1.165) is 6.07 Å². The number of fused-ring (bicyclic) bond motifs is 1. The molecule has 2 aromatic carbocycles. The highest BCUT2D eigenvalue weighted by atomic mass is 19.1. The van der Waals surface area contributed by atoms with E-state index in [2.05, 4.69) is 0 Å². The molecule has 1 saturated heterocycles. The second-order valence-electron chi connectivity index (χ2n) is 6.82. The predicted molar refractivity (Wildman–Crippen MR) is 92.5 cm³/mol. The van der Waals surface area contributed by atoms with Crippen LogP contribution in [0, 0.1) is 17.6 Å². The van der Waals surface area contributed by atoms with Gasteiger partial charge in [-0.2, -0.15) is 0 Å². The van der Waals surface area contributed by atoms with Gasteiger partial charge in [0.25, 0.3) is 12.2 Å².